The summed E-state index contributed by atoms with van der Waals surface area (Å²) < 4.78 is 0. The van der Waals surface area contributed by atoms with E-state index >= 15 is 0 Å². The molecule has 1 aliphatic heterocycles. The van der Waals surface area contributed by atoms with E-state index < -0.39 is 0 Å². The van der Waals surface area contributed by atoms with Crippen LogP contribution in [0.5, 0.6) is 0 Å². The Balaban J connectivity index is 2.30. The maximum Gasteiger partial charge on any atom is 0.0847 e. The van der Waals surface area contributed by atoms with E-state index in [1.165, 1.54) is 0 Å². The Bertz CT molecular complexity index is 114. The average molecular weight is 128 g/mol. The second kappa shape index (κ2) is 2.82. The molecule has 1 fully saturated rings. The highest BCUT2D eigenvalue weighted by Gasteiger charge is 2.16. The van der Waals surface area contributed by atoms with Gasteiger partial charge < -0.3 is 10.0 Å². The third-order valence-corrected chi connectivity index (χ3v) is 1.47. The predicted octanol–water partition coefficient (Wildman–Crippen LogP) is -0.289. The van der Waals surface area contributed by atoms with Gasteiger partial charge >= 0.3 is 0 Å². The maximum absolute atomic E-state index is 9.02. The molecule has 1 saturated heterocycles. The van der Waals surface area contributed by atoms with Gasteiger partial charge in [0.05, 0.1) is 12.4 Å². The molecule has 9 heavy (non-hydrogen) atoms. The zero-order chi connectivity index (χ0) is 6.69. The van der Waals surface area contributed by atoms with E-state index in [-0.39, 0.29) is 6.10 Å². The molecule has 1 heterocycles. The molecule has 0 aromatic heterocycles. The Morgan fingerprint density at radius 2 is 2.56 bits per heavy atom. The second-order valence-electron chi connectivity index (χ2n) is 2.31. The highest BCUT2D eigenvalue weighted by molar-refractivity contribution is 5.55. The number of hydrogen-bond acceptors (Lipinski definition) is 2. The fourth-order valence-electron chi connectivity index (χ4n) is 1.04. The number of rotatable bonds is 1. The number of aliphatic imine (C=N–C) groups is 1. The van der Waals surface area contributed by atoms with Gasteiger partial charge in [0, 0.05) is 20.1 Å². The molecule has 0 aromatic rings. The summed E-state index contributed by atoms with van der Waals surface area (Å²) >= 11 is 0. The highest BCUT2D eigenvalue weighted by Crippen LogP contribution is 2.05. The molecule has 0 amide bonds. The molecule has 0 spiro atoms. The van der Waals surface area contributed by atoms with Crippen molar-refractivity contribution in [2.45, 2.75) is 12.5 Å². The lowest BCUT2D eigenvalue weighted by atomic mass is 10.3. The van der Waals surface area contributed by atoms with Gasteiger partial charge in [-0.05, 0) is 6.42 Å². The molecule has 0 aromatic carbocycles. The summed E-state index contributed by atoms with van der Waals surface area (Å²) in [6.45, 7) is 1.69. The summed E-state index contributed by atoms with van der Waals surface area (Å²) in [5.74, 6) is 0. The van der Waals surface area contributed by atoms with Crippen LogP contribution in [0.2, 0.25) is 0 Å². The number of likely N-dealkylation sites (tertiary alicyclic amines) is 1. The lowest BCUT2D eigenvalue weighted by molar-refractivity contribution is 0.189. The number of aliphatic hydroxyl groups excluding tert-OH is 1. The van der Waals surface area contributed by atoms with Gasteiger partial charge in [0.1, 0.15) is 0 Å². The Morgan fingerprint density at radius 1 is 1.78 bits per heavy atom. The van der Waals surface area contributed by atoms with Crippen molar-refractivity contribution in [3.05, 3.63) is 0 Å². The zero-order valence-corrected chi connectivity index (χ0v) is 5.62. The van der Waals surface area contributed by atoms with Crippen LogP contribution in [0.1, 0.15) is 6.42 Å². The van der Waals surface area contributed by atoms with Crippen LogP contribution in [0.25, 0.3) is 0 Å². The van der Waals surface area contributed by atoms with Crippen molar-refractivity contribution >= 4 is 6.34 Å². The summed E-state index contributed by atoms with van der Waals surface area (Å²) in [6, 6.07) is 0. The SMILES string of the molecule is CN=CN1CCC(O)C1. The largest absolute Gasteiger partial charge is 0.391 e. The third-order valence-electron chi connectivity index (χ3n) is 1.47. The van der Waals surface area contributed by atoms with Gasteiger partial charge in [0.25, 0.3) is 0 Å². The number of β-amino-alcohol motifs (C(OH)–C–C–N with tert-alkyl or cyclic N) is 1. The molecule has 0 aliphatic carbocycles. The zero-order valence-electron chi connectivity index (χ0n) is 5.62. The quantitative estimate of drug-likeness (QED) is 0.389. The van der Waals surface area contributed by atoms with Crippen LogP contribution in [-0.4, -0.2) is 42.6 Å². The fraction of sp³-hybridized carbons (Fsp3) is 0.833. The summed E-state index contributed by atoms with van der Waals surface area (Å²) in [5.41, 5.74) is 0. The monoisotopic (exact) mass is 128 g/mol. The molecule has 1 aliphatic rings. The first-order chi connectivity index (χ1) is 4.33. The van der Waals surface area contributed by atoms with Gasteiger partial charge in [0.2, 0.25) is 0 Å². The van der Waals surface area contributed by atoms with Crippen LogP contribution in [-0.2, 0) is 0 Å². The minimum Gasteiger partial charge on any atom is -0.391 e. The Labute approximate surface area is 55.0 Å². The summed E-state index contributed by atoms with van der Waals surface area (Å²) in [5, 5.41) is 9.02. The molecule has 1 N–H and O–H groups in total. The Morgan fingerprint density at radius 3 is 3.00 bits per heavy atom. The van der Waals surface area contributed by atoms with E-state index in [0.717, 1.165) is 19.5 Å². The van der Waals surface area contributed by atoms with E-state index in [0.29, 0.717) is 0 Å². The van der Waals surface area contributed by atoms with Gasteiger partial charge in [-0.3, -0.25) is 4.99 Å². The highest BCUT2D eigenvalue weighted by atomic mass is 16.3. The van der Waals surface area contributed by atoms with Crippen molar-refractivity contribution < 1.29 is 5.11 Å². The van der Waals surface area contributed by atoms with Gasteiger partial charge in [-0.2, -0.15) is 0 Å². The first-order valence-electron chi connectivity index (χ1n) is 3.17. The van der Waals surface area contributed by atoms with Crippen molar-refractivity contribution in [1.82, 2.24) is 4.90 Å². The van der Waals surface area contributed by atoms with Crippen molar-refractivity contribution in [2.75, 3.05) is 20.1 Å². The summed E-state index contributed by atoms with van der Waals surface area (Å²) in [7, 11) is 1.74. The number of aliphatic hydroxyl groups is 1. The maximum atomic E-state index is 9.02. The Kier molecular flexibility index (Phi) is 2.05. The van der Waals surface area contributed by atoms with Crippen molar-refractivity contribution in [3.8, 4) is 0 Å². The summed E-state index contributed by atoms with van der Waals surface area (Å²) in [6.07, 6.45) is 2.52. The standard InChI is InChI=1S/C6H12N2O/c1-7-5-8-3-2-6(9)4-8/h5-6,9H,2-4H2,1H3. The topological polar surface area (TPSA) is 35.8 Å². The van der Waals surface area contributed by atoms with Crippen LogP contribution < -0.4 is 0 Å². The van der Waals surface area contributed by atoms with E-state index in [1.54, 1.807) is 13.4 Å². The molecule has 0 bridgehead atoms. The lowest BCUT2D eigenvalue weighted by Crippen LogP contribution is -2.19. The van der Waals surface area contributed by atoms with Crippen LogP contribution in [0.15, 0.2) is 4.99 Å². The summed E-state index contributed by atoms with van der Waals surface area (Å²) in [4.78, 5) is 5.86. The fourth-order valence-corrected chi connectivity index (χ4v) is 1.04. The van der Waals surface area contributed by atoms with Crippen LogP contribution in [0.4, 0.5) is 0 Å². The molecule has 3 nitrogen and oxygen atoms in total. The Hall–Kier alpha value is -0.570. The van der Waals surface area contributed by atoms with Crippen molar-refractivity contribution in [3.63, 3.8) is 0 Å². The molecule has 0 saturated carbocycles. The molecule has 0 radical (unpaired) electrons. The first kappa shape index (κ1) is 6.55. The molecular formula is C6H12N2O. The first-order valence-corrected chi connectivity index (χ1v) is 3.17. The van der Waals surface area contributed by atoms with Gasteiger partial charge in [-0.1, -0.05) is 0 Å². The van der Waals surface area contributed by atoms with Crippen LogP contribution in [0, 0.1) is 0 Å². The van der Waals surface area contributed by atoms with Crippen molar-refractivity contribution in [2.24, 2.45) is 4.99 Å². The molecule has 3 heteroatoms. The minimum atomic E-state index is -0.136. The van der Waals surface area contributed by atoms with Crippen molar-refractivity contribution in [1.29, 1.82) is 0 Å². The van der Waals surface area contributed by atoms with E-state index in [9.17, 15) is 0 Å². The van der Waals surface area contributed by atoms with Gasteiger partial charge in [-0.25, -0.2) is 0 Å². The van der Waals surface area contributed by atoms with Gasteiger partial charge in [-0.15, -0.1) is 0 Å². The molecular weight excluding hydrogens is 116 g/mol. The van der Waals surface area contributed by atoms with Crippen LogP contribution >= 0.6 is 0 Å². The molecule has 1 atom stereocenters. The normalized spacial score (nSPS) is 28.2. The van der Waals surface area contributed by atoms with E-state index in [2.05, 4.69) is 4.99 Å². The van der Waals surface area contributed by atoms with E-state index in [1.807, 2.05) is 4.90 Å². The average Bonchev–Trinajstić information content (AvgIpc) is 2.17. The molecule has 52 valence electrons. The van der Waals surface area contributed by atoms with E-state index in [4.69, 9.17) is 5.11 Å². The molecule has 1 rings (SSSR count). The van der Waals surface area contributed by atoms with Gasteiger partial charge in [0.15, 0.2) is 0 Å². The lowest BCUT2D eigenvalue weighted by Gasteiger charge is -2.08. The second-order valence-corrected chi connectivity index (χ2v) is 2.31. The minimum absolute atomic E-state index is 0.136. The smallest absolute Gasteiger partial charge is 0.0847 e. The predicted molar refractivity (Wildman–Crippen MR) is 36.6 cm³/mol. The third kappa shape index (κ3) is 1.68. The molecule has 1 unspecified atom stereocenters. The van der Waals surface area contributed by atoms with Crippen LogP contribution in [0.3, 0.4) is 0 Å². The number of hydrogen-bond donors (Lipinski definition) is 1. The number of nitrogens with zero attached hydrogens (tertiary/aromatic N) is 2.